The molecule has 0 unspecified atom stereocenters. The van der Waals surface area contributed by atoms with Crippen molar-refractivity contribution in [3.05, 3.63) is 57.0 Å². The van der Waals surface area contributed by atoms with Crippen molar-refractivity contribution in [3.8, 4) is 11.5 Å². The van der Waals surface area contributed by atoms with Gasteiger partial charge in [0.2, 0.25) is 6.79 Å². The molecule has 6 heteroatoms. The van der Waals surface area contributed by atoms with Crippen LogP contribution in [0.25, 0.3) is 0 Å². The van der Waals surface area contributed by atoms with E-state index in [1.165, 1.54) is 0 Å². The Bertz CT molecular complexity index is 702. The lowest BCUT2D eigenvalue weighted by Gasteiger charge is -2.08. The van der Waals surface area contributed by atoms with Crippen LogP contribution in [-0.2, 0) is 11.3 Å². The van der Waals surface area contributed by atoms with E-state index in [0.717, 1.165) is 10.0 Å². The second-order valence-corrected chi connectivity index (χ2v) is 5.67. The number of ether oxygens (including phenoxy) is 3. The minimum atomic E-state index is -0.429. The minimum Gasteiger partial charge on any atom is -0.457 e. The number of hydrogen-bond acceptors (Lipinski definition) is 4. The summed E-state index contributed by atoms with van der Waals surface area (Å²) in [6.45, 7) is 0.329. The number of fused-ring (bicyclic) bond motifs is 1. The maximum absolute atomic E-state index is 12.0. The summed E-state index contributed by atoms with van der Waals surface area (Å²) in [4.78, 5) is 12.0. The molecule has 2 aromatic rings. The molecule has 0 saturated heterocycles. The first-order valence-corrected chi connectivity index (χ1v) is 7.31. The zero-order valence-electron chi connectivity index (χ0n) is 10.8. The molecular formula is C15H10BrClO4. The zero-order valence-corrected chi connectivity index (χ0v) is 13.1. The molecule has 0 aliphatic carbocycles. The normalized spacial score (nSPS) is 12.3. The highest BCUT2D eigenvalue weighted by molar-refractivity contribution is 9.10. The Hall–Kier alpha value is -1.72. The standard InChI is InChI=1S/C15H10BrClO4/c16-12-6-14-13(20-8-21-14)5-10(12)7-19-15(18)9-2-1-3-11(17)4-9/h1-6H,7-8H2. The zero-order chi connectivity index (χ0) is 14.8. The van der Waals surface area contributed by atoms with Gasteiger partial charge in [0.05, 0.1) is 5.56 Å². The Morgan fingerprint density at radius 1 is 1.24 bits per heavy atom. The molecule has 0 radical (unpaired) electrons. The van der Waals surface area contributed by atoms with E-state index in [0.29, 0.717) is 22.1 Å². The number of benzene rings is 2. The van der Waals surface area contributed by atoms with Crippen molar-refractivity contribution in [1.82, 2.24) is 0 Å². The molecule has 0 aromatic heterocycles. The highest BCUT2D eigenvalue weighted by atomic mass is 79.9. The summed E-state index contributed by atoms with van der Waals surface area (Å²) in [6.07, 6.45) is 0. The number of rotatable bonds is 3. The molecule has 4 nitrogen and oxygen atoms in total. The third kappa shape index (κ3) is 3.14. The van der Waals surface area contributed by atoms with Crippen molar-refractivity contribution in [3.63, 3.8) is 0 Å². The van der Waals surface area contributed by atoms with Gasteiger partial charge in [-0.25, -0.2) is 4.79 Å². The van der Waals surface area contributed by atoms with Gasteiger partial charge in [-0.3, -0.25) is 0 Å². The van der Waals surface area contributed by atoms with E-state index in [9.17, 15) is 4.79 Å². The van der Waals surface area contributed by atoms with E-state index >= 15 is 0 Å². The summed E-state index contributed by atoms with van der Waals surface area (Å²) < 4.78 is 16.7. The van der Waals surface area contributed by atoms with Crippen LogP contribution in [0.15, 0.2) is 40.9 Å². The molecule has 3 rings (SSSR count). The van der Waals surface area contributed by atoms with Crippen LogP contribution in [0.4, 0.5) is 0 Å². The lowest BCUT2D eigenvalue weighted by atomic mass is 10.2. The average Bonchev–Trinajstić information content (AvgIpc) is 2.91. The van der Waals surface area contributed by atoms with Gasteiger partial charge in [0.15, 0.2) is 11.5 Å². The van der Waals surface area contributed by atoms with E-state index in [2.05, 4.69) is 15.9 Å². The molecule has 0 fully saturated rings. The summed E-state index contributed by atoms with van der Waals surface area (Å²) in [5.74, 6) is 0.890. The Morgan fingerprint density at radius 3 is 2.76 bits per heavy atom. The quantitative estimate of drug-likeness (QED) is 0.761. The first-order valence-electron chi connectivity index (χ1n) is 6.14. The van der Waals surface area contributed by atoms with Gasteiger partial charge in [-0.05, 0) is 30.3 Å². The van der Waals surface area contributed by atoms with Crippen LogP contribution in [0.3, 0.4) is 0 Å². The smallest absolute Gasteiger partial charge is 0.338 e. The summed E-state index contributed by atoms with van der Waals surface area (Å²) >= 11 is 9.27. The Labute approximate surface area is 134 Å². The second kappa shape index (κ2) is 5.95. The number of esters is 1. The molecule has 0 amide bonds. The van der Waals surface area contributed by atoms with E-state index in [1.54, 1.807) is 36.4 Å². The monoisotopic (exact) mass is 368 g/mol. The predicted molar refractivity (Wildman–Crippen MR) is 80.8 cm³/mol. The Balaban J connectivity index is 1.72. The molecule has 0 N–H and O–H groups in total. The number of carbonyl (C=O) groups is 1. The molecule has 0 saturated carbocycles. The minimum absolute atomic E-state index is 0.128. The van der Waals surface area contributed by atoms with Gasteiger partial charge in [-0.15, -0.1) is 0 Å². The summed E-state index contributed by atoms with van der Waals surface area (Å²) in [5, 5.41) is 0.494. The topological polar surface area (TPSA) is 44.8 Å². The molecule has 21 heavy (non-hydrogen) atoms. The molecule has 0 bridgehead atoms. The molecule has 0 spiro atoms. The second-order valence-electron chi connectivity index (χ2n) is 4.38. The van der Waals surface area contributed by atoms with Gasteiger partial charge in [-0.2, -0.15) is 0 Å². The van der Waals surface area contributed by atoms with Gasteiger partial charge >= 0.3 is 5.97 Å². The fraction of sp³-hybridized carbons (Fsp3) is 0.133. The number of hydrogen-bond donors (Lipinski definition) is 0. The van der Waals surface area contributed by atoms with Crippen molar-refractivity contribution < 1.29 is 19.0 Å². The third-order valence-corrected chi connectivity index (χ3v) is 3.93. The van der Waals surface area contributed by atoms with Crippen LogP contribution in [0, 0.1) is 0 Å². The van der Waals surface area contributed by atoms with Crippen molar-refractivity contribution in [2.45, 2.75) is 6.61 Å². The summed E-state index contributed by atoms with van der Waals surface area (Å²) in [5.41, 5.74) is 1.22. The lowest BCUT2D eigenvalue weighted by Crippen LogP contribution is -2.05. The van der Waals surface area contributed by atoms with E-state index in [-0.39, 0.29) is 13.4 Å². The van der Waals surface area contributed by atoms with Crippen LogP contribution in [-0.4, -0.2) is 12.8 Å². The van der Waals surface area contributed by atoms with Gasteiger partial charge in [0.1, 0.15) is 6.61 Å². The lowest BCUT2D eigenvalue weighted by molar-refractivity contribution is 0.0471. The first-order chi connectivity index (χ1) is 10.1. The van der Waals surface area contributed by atoms with Crippen LogP contribution in [0.2, 0.25) is 5.02 Å². The van der Waals surface area contributed by atoms with E-state index in [1.807, 2.05) is 0 Å². The fourth-order valence-electron chi connectivity index (χ4n) is 1.91. The first kappa shape index (κ1) is 14.2. The van der Waals surface area contributed by atoms with Crippen molar-refractivity contribution in [1.29, 1.82) is 0 Å². The SMILES string of the molecule is O=C(OCc1cc2c(cc1Br)OCO2)c1cccc(Cl)c1. The summed E-state index contributed by atoms with van der Waals surface area (Å²) in [7, 11) is 0. The van der Waals surface area contributed by atoms with Crippen LogP contribution in [0.1, 0.15) is 15.9 Å². The van der Waals surface area contributed by atoms with Gasteiger partial charge < -0.3 is 14.2 Å². The molecule has 108 valence electrons. The maximum Gasteiger partial charge on any atom is 0.338 e. The largest absolute Gasteiger partial charge is 0.457 e. The highest BCUT2D eigenvalue weighted by Gasteiger charge is 2.17. The Kier molecular flexibility index (Phi) is 4.03. The number of carbonyl (C=O) groups excluding carboxylic acids is 1. The van der Waals surface area contributed by atoms with Gasteiger partial charge in [0.25, 0.3) is 0 Å². The fourth-order valence-corrected chi connectivity index (χ4v) is 2.54. The molecule has 2 aromatic carbocycles. The molecule has 0 atom stereocenters. The molecule has 1 aliphatic heterocycles. The molecular weight excluding hydrogens is 360 g/mol. The van der Waals surface area contributed by atoms with Crippen molar-refractivity contribution >= 4 is 33.5 Å². The van der Waals surface area contributed by atoms with Gasteiger partial charge in [0, 0.05) is 15.1 Å². The highest BCUT2D eigenvalue weighted by Crippen LogP contribution is 2.37. The molecule has 1 aliphatic rings. The van der Waals surface area contributed by atoms with Crippen LogP contribution < -0.4 is 9.47 Å². The number of halogens is 2. The predicted octanol–water partition coefficient (Wildman–Crippen LogP) is 4.19. The van der Waals surface area contributed by atoms with Crippen molar-refractivity contribution in [2.24, 2.45) is 0 Å². The van der Waals surface area contributed by atoms with Crippen molar-refractivity contribution in [2.75, 3.05) is 6.79 Å². The Morgan fingerprint density at radius 2 is 2.00 bits per heavy atom. The van der Waals surface area contributed by atoms with Gasteiger partial charge in [-0.1, -0.05) is 33.6 Å². The van der Waals surface area contributed by atoms with Crippen LogP contribution >= 0.6 is 27.5 Å². The van der Waals surface area contributed by atoms with E-state index in [4.69, 9.17) is 25.8 Å². The molecule has 1 heterocycles. The van der Waals surface area contributed by atoms with Crippen LogP contribution in [0.5, 0.6) is 11.5 Å². The average molecular weight is 370 g/mol. The third-order valence-electron chi connectivity index (χ3n) is 2.96. The maximum atomic E-state index is 12.0. The summed E-state index contributed by atoms with van der Waals surface area (Å²) in [6, 6.07) is 10.2. The van der Waals surface area contributed by atoms with E-state index < -0.39 is 5.97 Å².